The van der Waals surface area contributed by atoms with Gasteiger partial charge in [-0.3, -0.25) is 4.79 Å². The lowest BCUT2D eigenvalue weighted by Gasteiger charge is -2.27. The van der Waals surface area contributed by atoms with Crippen LogP contribution in [0.3, 0.4) is 0 Å². The summed E-state index contributed by atoms with van der Waals surface area (Å²) in [5.41, 5.74) is 1.52. The highest BCUT2D eigenvalue weighted by atomic mass is 16.2. The second-order valence-electron chi connectivity index (χ2n) is 6.86. The van der Waals surface area contributed by atoms with Crippen molar-refractivity contribution in [3.63, 3.8) is 0 Å². The fourth-order valence-corrected chi connectivity index (χ4v) is 3.05. The summed E-state index contributed by atoms with van der Waals surface area (Å²) in [5, 5.41) is 0. The summed E-state index contributed by atoms with van der Waals surface area (Å²) in [6, 6.07) is 0.304. The van der Waals surface area contributed by atoms with Gasteiger partial charge in [-0.05, 0) is 58.3 Å². The lowest BCUT2D eigenvalue weighted by molar-refractivity contribution is -0.133. The summed E-state index contributed by atoms with van der Waals surface area (Å²) in [4.78, 5) is 14.2. The van der Waals surface area contributed by atoms with Crippen molar-refractivity contribution in [1.29, 1.82) is 0 Å². The van der Waals surface area contributed by atoms with E-state index in [1.165, 1.54) is 18.4 Å². The Bertz CT molecular complexity index is 404. The van der Waals surface area contributed by atoms with Gasteiger partial charge in [-0.1, -0.05) is 30.7 Å². The second-order valence-corrected chi connectivity index (χ2v) is 6.86. The fourth-order valence-electron chi connectivity index (χ4n) is 3.05. The number of nitrogens with zero attached hydrogens (tertiary/aromatic N) is 1. The van der Waals surface area contributed by atoms with Crippen LogP contribution >= 0.6 is 0 Å². The highest BCUT2D eigenvalue weighted by Crippen LogP contribution is 2.32. The Balaban J connectivity index is 1.88. The summed E-state index contributed by atoms with van der Waals surface area (Å²) >= 11 is 0. The average molecular weight is 275 g/mol. The summed E-state index contributed by atoms with van der Waals surface area (Å²) in [5.74, 6) is 1.96. The van der Waals surface area contributed by atoms with Gasteiger partial charge in [0.2, 0.25) is 5.91 Å². The van der Waals surface area contributed by atoms with Crippen LogP contribution < -0.4 is 0 Å². The van der Waals surface area contributed by atoms with E-state index in [0.29, 0.717) is 29.7 Å². The molecule has 2 heteroatoms. The van der Waals surface area contributed by atoms with Gasteiger partial charge >= 0.3 is 0 Å². The smallest absolute Gasteiger partial charge is 0.226 e. The minimum Gasteiger partial charge on any atom is -0.336 e. The Kier molecular flexibility index (Phi) is 5.06. The molecule has 2 atom stereocenters. The van der Waals surface area contributed by atoms with Gasteiger partial charge in [0.1, 0.15) is 0 Å². The number of carbonyl (C=O) groups is 1. The topological polar surface area (TPSA) is 20.3 Å². The van der Waals surface area contributed by atoms with Crippen molar-refractivity contribution < 1.29 is 4.79 Å². The van der Waals surface area contributed by atoms with Crippen LogP contribution in [-0.2, 0) is 4.79 Å². The lowest BCUT2D eigenvalue weighted by Crippen LogP contribution is -2.38. The molecule has 0 radical (unpaired) electrons. The molecule has 1 fully saturated rings. The molecule has 2 nitrogen and oxygen atoms in total. The first-order valence-corrected chi connectivity index (χ1v) is 8.13. The van der Waals surface area contributed by atoms with Gasteiger partial charge in [-0.2, -0.15) is 0 Å². The van der Waals surface area contributed by atoms with E-state index in [1.807, 2.05) is 4.90 Å². The van der Waals surface area contributed by atoms with Crippen LogP contribution in [0.2, 0.25) is 0 Å². The number of hydrogen-bond acceptors (Lipinski definition) is 1. The van der Waals surface area contributed by atoms with E-state index in [2.05, 4.69) is 45.9 Å². The Labute approximate surface area is 123 Å². The van der Waals surface area contributed by atoms with Crippen LogP contribution in [0.15, 0.2) is 23.8 Å². The van der Waals surface area contributed by atoms with E-state index in [1.54, 1.807) is 0 Å². The Hall–Kier alpha value is -1.05. The minimum atomic E-state index is 0.304. The van der Waals surface area contributed by atoms with Crippen LogP contribution in [0.1, 0.15) is 53.4 Å². The van der Waals surface area contributed by atoms with Gasteiger partial charge in [0.25, 0.3) is 0 Å². The summed E-state index contributed by atoms with van der Waals surface area (Å²) in [6.45, 7) is 9.53. The van der Waals surface area contributed by atoms with Gasteiger partial charge in [-0.15, -0.1) is 0 Å². The standard InChI is InChI=1S/C18H29NO/c1-13(2)19(18(20)17-9-10-17)11-5-6-16-8-7-14(3)12-15(16)4/h5-6,12-13,15-17H,7-11H2,1-4H3/b6-5+. The van der Waals surface area contributed by atoms with E-state index in [4.69, 9.17) is 0 Å². The molecule has 0 heterocycles. The highest BCUT2D eigenvalue weighted by molar-refractivity contribution is 5.81. The molecule has 0 saturated heterocycles. The zero-order valence-corrected chi connectivity index (χ0v) is 13.4. The maximum absolute atomic E-state index is 12.2. The van der Waals surface area contributed by atoms with Crippen LogP contribution in [0.5, 0.6) is 0 Å². The van der Waals surface area contributed by atoms with Gasteiger partial charge in [0.15, 0.2) is 0 Å². The van der Waals surface area contributed by atoms with Crippen molar-refractivity contribution >= 4 is 5.91 Å². The molecule has 0 aromatic heterocycles. The van der Waals surface area contributed by atoms with E-state index >= 15 is 0 Å². The summed E-state index contributed by atoms with van der Waals surface area (Å²) < 4.78 is 0. The van der Waals surface area contributed by atoms with Crippen LogP contribution in [0, 0.1) is 17.8 Å². The molecule has 1 saturated carbocycles. The van der Waals surface area contributed by atoms with Gasteiger partial charge < -0.3 is 4.90 Å². The molecule has 0 N–H and O–H groups in total. The molecule has 0 aromatic carbocycles. The first-order valence-electron chi connectivity index (χ1n) is 8.13. The maximum Gasteiger partial charge on any atom is 0.226 e. The Morgan fingerprint density at radius 2 is 2.10 bits per heavy atom. The normalized spacial score (nSPS) is 26.9. The van der Waals surface area contributed by atoms with Crippen LogP contribution in [-0.4, -0.2) is 23.4 Å². The fraction of sp³-hybridized carbons (Fsp3) is 0.722. The lowest BCUT2D eigenvalue weighted by atomic mass is 9.82. The minimum absolute atomic E-state index is 0.304. The van der Waals surface area contributed by atoms with Crippen molar-refractivity contribution in [1.82, 2.24) is 4.90 Å². The number of amides is 1. The molecule has 2 aliphatic rings. The molecule has 2 rings (SSSR count). The molecule has 1 amide bonds. The van der Waals surface area contributed by atoms with Gasteiger partial charge in [-0.25, -0.2) is 0 Å². The van der Waals surface area contributed by atoms with Gasteiger partial charge in [0.05, 0.1) is 0 Å². The predicted octanol–water partition coefficient (Wildman–Crippen LogP) is 4.18. The van der Waals surface area contributed by atoms with Crippen molar-refractivity contribution in [3.8, 4) is 0 Å². The van der Waals surface area contributed by atoms with Gasteiger partial charge in [0, 0.05) is 18.5 Å². The van der Waals surface area contributed by atoms with Crippen molar-refractivity contribution in [2.45, 2.75) is 59.4 Å². The third kappa shape index (κ3) is 3.97. The zero-order chi connectivity index (χ0) is 14.7. The second kappa shape index (κ2) is 6.60. The number of allylic oxidation sites excluding steroid dienone is 3. The van der Waals surface area contributed by atoms with E-state index in [9.17, 15) is 4.79 Å². The largest absolute Gasteiger partial charge is 0.336 e. The molecule has 0 bridgehead atoms. The van der Waals surface area contributed by atoms with E-state index in [-0.39, 0.29) is 0 Å². The maximum atomic E-state index is 12.2. The molecular formula is C18H29NO. The summed E-state index contributed by atoms with van der Waals surface area (Å²) in [6.07, 6.45) is 11.6. The molecule has 2 aliphatic carbocycles. The van der Waals surface area contributed by atoms with Crippen molar-refractivity contribution in [2.24, 2.45) is 17.8 Å². The number of carbonyl (C=O) groups excluding carboxylic acids is 1. The summed E-state index contributed by atoms with van der Waals surface area (Å²) in [7, 11) is 0. The monoisotopic (exact) mass is 275 g/mol. The molecule has 112 valence electrons. The molecular weight excluding hydrogens is 246 g/mol. The molecule has 2 unspecified atom stereocenters. The first kappa shape index (κ1) is 15.3. The third-order valence-electron chi connectivity index (χ3n) is 4.61. The average Bonchev–Trinajstić information content (AvgIpc) is 3.19. The molecule has 20 heavy (non-hydrogen) atoms. The van der Waals surface area contributed by atoms with Crippen molar-refractivity contribution in [3.05, 3.63) is 23.8 Å². The Morgan fingerprint density at radius 1 is 1.40 bits per heavy atom. The zero-order valence-electron chi connectivity index (χ0n) is 13.4. The molecule has 0 aliphatic heterocycles. The molecule has 0 aromatic rings. The van der Waals surface area contributed by atoms with E-state index in [0.717, 1.165) is 19.4 Å². The Morgan fingerprint density at radius 3 is 2.65 bits per heavy atom. The first-order chi connectivity index (χ1) is 9.49. The third-order valence-corrected chi connectivity index (χ3v) is 4.61. The SMILES string of the molecule is CC1=CC(C)C(/C=C/CN(C(=O)C2CC2)C(C)C)CC1. The highest BCUT2D eigenvalue weighted by Gasteiger charge is 2.33. The van der Waals surface area contributed by atoms with Crippen LogP contribution in [0.4, 0.5) is 0 Å². The number of rotatable bonds is 5. The molecule has 0 spiro atoms. The predicted molar refractivity (Wildman–Crippen MR) is 84.4 cm³/mol. The van der Waals surface area contributed by atoms with Crippen LogP contribution in [0.25, 0.3) is 0 Å². The quantitative estimate of drug-likeness (QED) is 0.689. The van der Waals surface area contributed by atoms with E-state index < -0.39 is 0 Å². The number of hydrogen-bond donors (Lipinski definition) is 0. The van der Waals surface area contributed by atoms with Crippen molar-refractivity contribution in [2.75, 3.05) is 6.54 Å².